The van der Waals surface area contributed by atoms with Gasteiger partial charge >= 0.3 is 0 Å². The molecule has 1 aliphatic heterocycles. The maximum absolute atomic E-state index is 13.4. The van der Waals surface area contributed by atoms with Crippen LogP contribution in [-0.4, -0.2) is 59.8 Å². The van der Waals surface area contributed by atoms with Crippen molar-refractivity contribution in [2.45, 2.75) is 0 Å². The number of piperazine rings is 1. The van der Waals surface area contributed by atoms with Crippen molar-refractivity contribution >= 4 is 57.2 Å². The summed E-state index contributed by atoms with van der Waals surface area (Å²) in [6.45, 7) is 3.00. The lowest BCUT2D eigenvalue weighted by molar-refractivity contribution is 0.0668. The fourth-order valence-corrected chi connectivity index (χ4v) is 4.54. The van der Waals surface area contributed by atoms with Crippen LogP contribution in [-0.2, 0) is 0 Å². The molecule has 2 heterocycles. The summed E-state index contributed by atoms with van der Waals surface area (Å²) in [4.78, 5) is 36.8. The molecule has 0 N–H and O–H groups in total. The summed E-state index contributed by atoms with van der Waals surface area (Å²) in [6.07, 6.45) is 1.53. The van der Waals surface area contributed by atoms with E-state index in [4.69, 9.17) is 23.2 Å². The monoisotopic (exact) mass is 474 g/mol. The fourth-order valence-electron chi connectivity index (χ4n) is 3.29. The molecular formula is C22H20Cl2N4O2S. The van der Waals surface area contributed by atoms with Gasteiger partial charge in [-0.2, -0.15) is 0 Å². The van der Waals surface area contributed by atoms with E-state index in [0.29, 0.717) is 44.4 Å². The molecule has 0 atom stereocenters. The maximum atomic E-state index is 13.4. The van der Waals surface area contributed by atoms with Gasteiger partial charge in [0.05, 0.1) is 22.5 Å². The van der Waals surface area contributed by atoms with E-state index in [2.05, 4.69) is 9.88 Å². The van der Waals surface area contributed by atoms with E-state index < -0.39 is 0 Å². The summed E-state index contributed by atoms with van der Waals surface area (Å²) >= 11 is 13.5. The van der Waals surface area contributed by atoms with Gasteiger partial charge in [-0.25, -0.2) is 4.98 Å². The van der Waals surface area contributed by atoms with E-state index in [9.17, 15) is 9.59 Å². The molecule has 0 aliphatic carbocycles. The number of benzene rings is 2. The molecule has 1 fully saturated rings. The van der Waals surface area contributed by atoms with Gasteiger partial charge in [0.25, 0.3) is 11.8 Å². The van der Waals surface area contributed by atoms with Crippen LogP contribution in [0.2, 0.25) is 10.0 Å². The molecule has 2 amide bonds. The number of nitrogens with zero attached hydrogens (tertiary/aromatic N) is 4. The predicted octanol–water partition coefficient (Wildman–Crippen LogP) is 4.82. The van der Waals surface area contributed by atoms with E-state index in [1.807, 2.05) is 11.9 Å². The highest BCUT2D eigenvalue weighted by Gasteiger charge is 2.27. The Hall–Kier alpha value is -2.45. The smallest absolute Gasteiger partial charge is 0.266 e. The highest BCUT2D eigenvalue weighted by Crippen LogP contribution is 2.33. The summed E-state index contributed by atoms with van der Waals surface area (Å²) in [5.41, 5.74) is 0.934. The minimum Gasteiger partial charge on any atom is -0.335 e. The highest BCUT2D eigenvalue weighted by molar-refractivity contribution is 7.17. The van der Waals surface area contributed by atoms with E-state index in [1.54, 1.807) is 48.5 Å². The number of amides is 2. The number of hydrogen-bond donors (Lipinski definition) is 0. The summed E-state index contributed by atoms with van der Waals surface area (Å²) in [7, 11) is 2.04. The van der Waals surface area contributed by atoms with Crippen molar-refractivity contribution in [3.8, 4) is 0 Å². The predicted molar refractivity (Wildman–Crippen MR) is 125 cm³/mol. The Labute approximate surface area is 194 Å². The Balaban J connectivity index is 1.68. The average Bonchev–Trinajstić information content (AvgIpc) is 3.25. The van der Waals surface area contributed by atoms with Gasteiger partial charge in [-0.15, -0.1) is 0 Å². The van der Waals surface area contributed by atoms with Crippen molar-refractivity contribution in [1.82, 2.24) is 14.8 Å². The Morgan fingerprint density at radius 3 is 2.35 bits per heavy atom. The van der Waals surface area contributed by atoms with E-state index >= 15 is 0 Å². The minimum atomic E-state index is -0.333. The van der Waals surface area contributed by atoms with E-state index in [1.165, 1.54) is 22.4 Å². The normalized spacial score (nSPS) is 14.5. The van der Waals surface area contributed by atoms with Gasteiger partial charge in [0, 0.05) is 31.2 Å². The molecular weight excluding hydrogens is 455 g/mol. The summed E-state index contributed by atoms with van der Waals surface area (Å²) in [5, 5.41) is 1.29. The number of likely N-dealkylation sites (N-methyl/N-ethyl adjacent to an activating group) is 1. The number of hydrogen-bond acceptors (Lipinski definition) is 5. The molecule has 1 aromatic heterocycles. The largest absolute Gasteiger partial charge is 0.335 e. The van der Waals surface area contributed by atoms with Gasteiger partial charge < -0.3 is 9.80 Å². The van der Waals surface area contributed by atoms with Crippen molar-refractivity contribution in [3.63, 3.8) is 0 Å². The van der Waals surface area contributed by atoms with E-state index in [0.717, 1.165) is 13.1 Å². The fraction of sp³-hybridized carbons (Fsp3) is 0.227. The van der Waals surface area contributed by atoms with Crippen LogP contribution in [0.25, 0.3) is 0 Å². The van der Waals surface area contributed by atoms with Crippen molar-refractivity contribution < 1.29 is 9.59 Å². The molecule has 160 valence electrons. The molecule has 9 heteroatoms. The number of halogens is 2. The van der Waals surface area contributed by atoms with Crippen molar-refractivity contribution in [3.05, 3.63) is 75.2 Å². The van der Waals surface area contributed by atoms with Crippen LogP contribution in [0.15, 0.2) is 54.7 Å². The highest BCUT2D eigenvalue weighted by atomic mass is 35.5. The molecule has 6 nitrogen and oxygen atoms in total. The second-order valence-electron chi connectivity index (χ2n) is 7.20. The van der Waals surface area contributed by atoms with Crippen LogP contribution < -0.4 is 4.90 Å². The van der Waals surface area contributed by atoms with Gasteiger partial charge in [-0.3, -0.25) is 14.5 Å². The van der Waals surface area contributed by atoms with Gasteiger partial charge in [-0.1, -0.05) is 46.7 Å². The standard InChI is InChI=1S/C22H20Cl2N4O2S/c1-26-10-12-27(13-11-26)21(30)19-14-25-22(31-19)28(16-8-6-15(23)7-9-16)20(29)17-4-2-3-5-18(17)24/h2-9,14H,10-13H2,1H3. The van der Waals surface area contributed by atoms with Gasteiger partial charge in [-0.05, 0) is 43.4 Å². The lowest BCUT2D eigenvalue weighted by Gasteiger charge is -2.32. The van der Waals surface area contributed by atoms with Crippen LogP contribution in [0.5, 0.6) is 0 Å². The second-order valence-corrected chi connectivity index (χ2v) is 9.05. The molecule has 3 aromatic rings. The zero-order chi connectivity index (χ0) is 22.0. The SMILES string of the molecule is CN1CCN(C(=O)c2cnc(N(C(=O)c3ccccc3Cl)c3ccc(Cl)cc3)s2)CC1. The molecule has 0 spiro atoms. The van der Waals surface area contributed by atoms with Gasteiger partial charge in [0.1, 0.15) is 4.88 Å². The molecule has 2 aromatic carbocycles. The van der Waals surface area contributed by atoms with Crippen molar-refractivity contribution in [2.24, 2.45) is 0 Å². The molecule has 0 unspecified atom stereocenters. The Bertz CT molecular complexity index is 1090. The number of carbonyl (C=O) groups excluding carboxylic acids is 2. The maximum Gasteiger partial charge on any atom is 0.266 e. The second kappa shape index (κ2) is 9.36. The third kappa shape index (κ3) is 4.75. The zero-order valence-electron chi connectivity index (χ0n) is 16.8. The van der Waals surface area contributed by atoms with Crippen molar-refractivity contribution in [1.29, 1.82) is 0 Å². The number of thiazole rings is 1. The molecule has 0 bridgehead atoms. The van der Waals surface area contributed by atoms with Crippen LogP contribution in [0, 0.1) is 0 Å². The summed E-state index contributed by atoms with van der Waals surface area (Å²) in [6, 6.07) is 13.7. The average molecular weight is 475 g/mol. The Morgan fingerprint density at radius 1 is 1.00 bits per heavy atom. The van der Waals surface area contributed by atoms with Gasteiger partial charge in [0.2, 0.25) is 0 Å². The number of carbonyl (C=O) groups is 2. The third-order valence-corrected chi connectivity index (χ3v) is 6.63. The van der Waals surface area contributed by atoms with E-state index in [-0.39, 0.29) is 11.8 Å². The van der Waals surface area contributed by atoms with Crippen LogP contribution in [0.1, 0.15) is 20.0 Å². The lowest BCUT2D eigenvalue weighted by atomic mass is 10.2. The molecule has 0 radical (unpaired) electrons. The molecule has 31 heavy (non-hydrogen) atoms. The van der Waals surface area contributed by atoms with Crippen LogP contribution in [0.4, 0.5) is 10.8 Å². The molecule has 1 aliphatic rings. The van der Waals surface area contributed by atoms with Gasteiger partial charge in [0.15, 0.2) is 5.13 Å². The zero-order valence-corrected chi connectivity index (χ0v) is 19.1. The molecule has 0 saturated carbocycles. The molecule has 1 saturated heterocycles. The summed E-state index contributed by atoms with van der Waals surface area (Å²) in [5.74, 6) is -0.404. The lowest BCUT2D eigenvalue weighted by Crippen LogP contribution is -2.46. The quantitative estimate of drug-likeness (QED) is 0.543. The number of anilines is 2. The first-order valence-electron chi connectivity index (χ1n) is 9.72. The summed E-state index contributed by atoms with van der Waals surface area (Å²) < 4.78 is 0. The minimum absolute atomic E-state index is 0.0712. The first-order valence-corrected chi connectivity index (χ1v) is 11.3. The topological polar surface area (TPSA) is 56.8 Å². The number of aromatic nitrogens is 1. The first kappa shape index (κ1) is 21.8. The Morgan fingerprint density at radius 2 is 1.68 bits per heavy atom. The third-order valence-electron chi connectivity index (χ3n) is 5.08. The molecule has 4 rings (SSSR count). The van der Waals surface area contributed by atoms with Crippen molar-refractivity contribution in [2.75, 3.05) is 38.1 Å². The van der Waals surface area contributed by atoms with Crippen LogP contribution in [0.3, 0.4) is 0 Å². The van der Waals surface area contributed by atoms with Crippen LogP contribution >= 0.6 is 34.5 Å². The Kier molecular flexibility index (Phi) is 6.57. The number of rotatable bonds is 4. The first-order chi connectivity index (χ1) is 14.9.